The number of ketones is 2. The predicted molar refractivity (Wildman–Crippen MR) is 107 cm³/mol. The number of hydrogen-bond acceptors (Lipinski definition) is 5. The molecule has 160 valence electrons. The van der Waals surface area contributed by atoms with E-state index >= 15 is 0 Å². The number of methoxy groups -OCH3 is 1. The summed E-state index contributed by atoms with van der Waals surface area (Å²) in [7, 11) is 1.58. The molecule has 1 saturated heterocycles. The lowest BCUT2D eigenvalue weighted by Gasteiger charge is -2.60. The van der Waals surface area contributed by atoms with Gasteiger partial charge in [0.2, 0.25) is 0 Å². The van der Waals surface area contributed by atoms with Crippen molar-refractivity contribution in [1.29, 1.82) is 0 Å². The zero-order valence-corrected chi connectivity index (χ0v) is 18.2. The van der Waals surface area contributed by atoms with Crippen molar-refractivity contribution >= 4 is 11.6 Å². The first kappa shape index (κ1) is 19.9. The molecule has 0 aromatic heterocycles. The third-order valence-electron chi connectivity index (χ3n) is 9.73. The summed E-state index contributed by atoms with van der Waals surface area (Å²) in [4.78, 5) is 25.2. The molecule has 1 heterocycles. The number of ether oxygens (including phenoxy) is 3. The van der Waals surface area contributed by atoms with Crippen molar-refractivity contribution < 1.29 is 23.8 Å². The Kier molecular flexibility index (Phi) is 4.28. The molecule has 7 atom stereocenters. The first-order valence-electron chi connectivity index (χ1n) is 11.3. The third kappa shape index (κ3) is 2.50. The quantitative estimate of drug-likeness (QED) is 0.658. The van der Waals surface area contributed by atoms with Crippen molar-refractivity contribution in [2.45, 2.75) is 83.7 Å². The summed E-state index contributed by atoms with van der Waals surface area (Å²) in [6.45, 7) is 6.53. The Balaban J connectivity index is 1.50. The maximum Gasteiger partial charge on any atom is 0.281 e. The lowest BCUT2D eigenvalue weighted by Crippen LogP contribution is -2.65. The summed E-state index contributed by atoms with van der Waals surface area (Å²) < 4.78 is 17.5. The minimum atomic E-state index is -1.15. The maximum absolute atomic E-state index is 13.2. The fourth-order valence-electron chi connectivity index (χ4n) is 8.00. The lowest BCUT2D eigenvalue weighted by atomic mass is 9.46. The van der Waals surface area contributed by atoms with Crippen molar-refractivity contribution in [3.63, 3.8) is 0 Å². The van der Waals surface area contributed by atoms with Crippen LogP contribution in [0.5, 0.6) is 0 Å². The zero-order valence-electron chi connectivity index (χ0n) is 18.2. The Labute approximate surface area is 173 Å². The summed E-state index contributed by atoms with van der Waals surface area (Å²) in [6.07, 6.45) is 9.65. The summed E-state index contributed by atoms with van der Waals surface area (Å²) in [5, 5.41) is 0. The van der Waals surface area contributed by atoms with Crippen LogP contribution < -0.4 is 0 Å². The molecule has 4 aliphatic carbocycles. The third-order valence-corrected chi connectivity index (χ3v) is 9.73. The number of allylic oxidation sites excluding steroid dienone is 1. The van der Waals surface area contributed by atoms with Gasteiger partial charge in [-0.05, 0) is 74.2 Å². The Hall–Kier alpha value is -1.04. The van der Waals surface area contributed by atoms with E-state index in [4.69, 9.17) is 14.2 Å². The van der Waals surface area contributed by atoms with Crippen molar-refractivity contribution in [3.05, 3.63) is 11.6 Å². The van der Waals surface area contributed by atoms with Gasteiger partial charge in [-0.25, -0.2) is 0 Å². The zero-order chi connectivity index (χ0) is 20.7. The summed E-state index contributed by atoms with van der Waals surface area (Å²) >= 11 is 0. The molecule has 0 aromatic carbocycles. The number of carbonyl (C=O) groups is 2. The van der Waals surface area contributed by atoms with Gasteiger partial charge >= 0.3 is 0 Å². The molecule has 0 bridgehead atoms. The highest BCUT2D eigenvalue weighted by Gasteiger charge is 2.70. The van der Waals surface area contributed by atoms with Crippen LogP contribution >= 0.6 is 0 Å². The highest BCUT2D eigenvalue weighted by Crippen LogP contribution is 2.69. The van der Waals surface area contributed by atoms with Gasteiger partial charge in [0.15, 0.2) is 11.6 Å². The first-order chi connectivity index (χ1) is 13.7. The van der Waals surface area contributed by atoms with Crippen LogP contribution in [0.2, 0.25) is 0 Å². The standard InChI is InChI=1S/C24H34O5/c1-21-10-7-16(25)13-15(21)5-6-17-18(21)8-11-22(2)19(17)9-12-24(22)20(26)14-28-23(3,27-4)29-24/h13,17-19H,5-12,14H2,1-4H3. The number of hydrogen-bond donors (Lipinski definition) is 0. The number of rotatable bonds is 1. The topological polar surface area (TPSA) is 61.8 Å². The van der Waals surface area contributed by atoms with Crippen LogP contribution in [0.25, 0.3) is 0 Å². The van der Waals surface area contributed by atoms with E-state index in [9.17, 15) is 9.59 Å². The fraction of sp³-hybridized carbons (Fsp3) is 0.833. The Morgan fingerprint density at radius 2 is 1.76 bits per heavy atom. The van der Waals surface area contributed by atoms with Crippen molar-refractivity contribution in [3.8, 4) is 0 Å². The highest BCUT2D eigenvalue weighted by molar-refractivity contribution is 5.92. The number of Topliss-reactive ketones (excluding diaryl/α,β-unsaturated/α-hetero) is 1. The van der Waals surface area contributed by atoms with E-state index in [1.165, 1.54) is 5.57 Å². The molecule has 3 saturated carbocycles. The molecule has 0 amide bonds. The van der Waals surface area contributed by atoms with Gasteiger partial charge in [0.1, 0.15) is 12.2 Å². The smallest absolute Gasteiger partial charge is 0.281 e. The molecule has 29 heavy (non-hydrogen) atoms. The van der Waals surface area contributed by atoms with Crippen LogP contribution in [0.3, 0.4) is 0 Å². The second kappa shape index (κ2) is 6.24. The summed E-state index contributed by atoms with van der Waals surface area (Å²) in [6, 6.07) is 0. The molecule has 5 rings (SSSR count). The lowest BCUT2D eigenvalue weighted by molar-refractivity contribution is -0.414. The number of fused-ring (bicyclic) bond motifs is 6. The average Bonchev–Trinajstić information content (AvgIpc) is 2.99. The van der Waals surface area contributed by atoms with Gasteiger partial charge in [-0.2, -0.15) is 0 Å². The van der Waals surface area contributed by atoms with Crippen LogP contribution in [0.1, 0.15) is 72.1 Å². The van der Waals surface area contributed by atoms with E-state index in [0.717, 1.165) is 44.9 Å². The van der Waals surface area contributed by atoms with Gasteiger partial charge in [0.05, 0.1) is 0 Å². The minimum absolute atomic E-state index is 0.0630. The average molecular weight is 403 g/mol. The monoisotopic (exact) mass is 402 g/mol. The molecule has 5 heteroatoms. The highest BCUT2D eigenvalue weighted by atomic mass is 16.9. The van der Waals surface area contributed by atoms with E-state index in [2.05, 4.69) is 13.8 Å². The molecule has 0 aromatic rings. The summed E-state index contributed by atoms with van der Waals surface area (Å²) in [5.41, 5.74) is 0.550. The molecule has 1 aliphatic heterocycles. The molecule has 0 N–H and O–H groups in total. The van der Waals surface area contributed by atoms with E-state index in [0.29, 0.717) is 30.0 Å². The van der Waals surface area contributed by atoms with Crippen LogP contribution in [0, 0.1) is 28.6 Å². The minimum Gasteiger partial charge on any atom is -0.331 e. The van der Waals surface area contributed by atoms with Crippen LogP contribution in [0.4, 0.5) is 0 Å². The van der Waals surface area contributed by atoms with Crippen LogP contribution in [-0.4, -0.2) is 36.9 Å². The van der Waals surface area contributed by atoms with Gasteiger partial charge in [-0.1, -0.05) is 19.4 Å². The first-order valence-corrected chi connectivity index (χ1v) is 11.3. The van der Waals surface area contributed by atoms with Crippen molar-refractivity contribution in [2.24, 2.45) is 28.6 Å². The van der Waals surface area contributed by atoms with Crippen molar-refractivity contribution in [2.75, 3.05) is 13.7 Å². The van der Waals surface area contributed by atoms with Gasteiger partial charge in [-0.15, -0.1) is 0 Å². The van der Waals surface area contributed by atoms with Crippen molar-refractivity contribution in [1.82, 2.24) is 0 Å². The predicted octanol–water partition coefficient (Wildman–Crippen LogP) is 4.19. The van der Waals surface area contributed by atoms with E-state index in [-0.39, 0.29) is 23.2 Å². The van der Waals surface area contributed by atoms with E-state index < -0.39 is 11.6 Å². The Morgan fingerprint density at radius 1 is 1.00 bits per heavy atom. The van der Waals surface area contributed by atoms with Gasteiger partial charge < -0.3 is 14.2 Å². The summed E-state index contributed by atoms with van der Waals surface area (Å²) in [5.74, 6) is 0.906. The Bertz CT molecular complexity index is 788. The van der Waals surface area contributed by atoms with E-state index in [1.54, 1.807) is 14.0 Å². The SMILES string of the molecule is COC1(C)OCC(=O)C2(CCC3C4CCC5=CC(=O)CCC5(C)C4CCC32C)O1. The molecular formula is C24H34O5. The van der Waals surface area contributed by atoms with Crippen LogP contribution in [0.15, 0.2) is 11.6 Å². The van der Waals surface area contributed by atoms with E-state index in [1.807, 2.05) is 6.08 Å². The molecular weight excluding hydrogens is 368 g/mol. The fourth-order valence-corrected chi connectivity index (χ4v) is 8.00. The van der Waals surface area contributed by atoms with Gasteiger partial charge in [-0.3, -0.25) is 9.59 Å². The van der Waals surface area contributed by atoms with Crippen LogP contribution in [-0.2, 0) is 23.8 Å². The number of carbonyl (C=O) groups excluding carboxylic acids is 2. The Morgan fingerprint density at radius 3 is 2.52 bits per heavy atom. The molecule has 0 radical (unpaired) electrons. The van der Waals surface area contributed by atoms with Gasteiger partial charge in [0, 0.05) is 25.9 Å². The van der Waals surface area contributed by atoms with Gasteiger partial charge in [0.25, 0.3) is 5.97 Å². The largest absolute Gasteiger partial charge is 0.331 e. The second-order valence-electron chi connectivity index (χ2n) is 10.7. The molecule has 4 fully saturated rings. The molecule has 5 aliphatic rings. The molecule has 7 unspecified atom stereocenters. The normalized spacial score (nSPS) is 52.0. The second-order valence-corrected chi connectivity index (χ2v) is 10.7. The maximum atomic E-state index is 13.2. The molecule has 1 spiro atoms. The molecule has 5 nitrogen and oxygen atoms in total.